The average molecular weight is 505 g/mol. The van der Waals surface area contributed by atoms with Crippen molar-refractivity contribution >= 4 is 70.9 Å². The maximum Gasteiger partial charge on any atom is 0.235 e. The van der Waals surface area contributed by atoms with Crippen molar-refractivity contribution in [3.8, 4) is 11.3 Å². The summed E-state index contributed by atoms with van der Waals surface area (Å²) >= 11 is 1.57. The van der Waals surface area contributed by atoms with Gasteiger partial charge in [0.1, 0.15) is 16.0 Å². The highest BCUT2D eigenvalue weighted by atomic mass is 32.1. The smallest absolute Gasteiger partial charge is 0.235 e. The number of rotatable bonds is 1. The topological polar surface area (TPSA) is 118 Å². The number of nitrogens with one attached hydrogen (secondary N) is 2. The molecule has 7 heterocycles. The predicted molar refractivity (Wildman–Crippen MR) is 144 cm³/mol. The van der Waals surface area contributed by atoms with E-state index in [1.54, 1.807) is 23.7 Å². The highest BCUT2D eigenvalue weighted by molar-refractivity contribution is 7.24. The van der Waals surface area contributed by atoms with Crippen LogP contribution < -0.4 is 0 Å². The Hall–Kier alpha value is -4.44. The average Bonchev–Trinajstić information content (AvgIpc) is 3.73. The van der Waals surface area contributed by atoms with Crippen LogP contribution in [-0.2, 0) is 0 Å². The fourth-order valence-corrected chi connectivity index (χ4v) is 6.53. The van der Waals surface area contributed by atoms with Crippen molar-refractivity contribution in [3.63, 3.8) is 0 Å². The second-order valence-electron chi connectivity index (χ2n) is 9.55. The lowest BCUT2D eigenvalue weighted by molar-refractivity contribution is 0.0847. The van der Waals surface area contributed by atoms with Crippen LogP contribution in [0.2, 0.25) is 0 Å². The Morgan fingerprint density at radius 3 is 2.76 bits per heavy atom. The van der Waals surface area contributed by atoms with Crippen molar-refractivity contribution < 1.29 is 4.79 Å². The molecule has 0 atom stereocenters. The first-order chi connectivity index (χ1) is 18.2. The van der Waals surface area contributed by atoms with E-state index in [4.69, 9.17) is 9.97 Å². The van der Waals surface area contributed by atoms with E-state index in [0.717, 1.165) is 73.7 Å². The standard InChI is InChI=1S/C27H20N8OS/c36-27(14-3-1-2-4-14)35-17-9-15(11-28-13-17)16-10-19-23(33-34-24(19)30-12-16)26-31-22-18(7-8-29-25(22)32-26)20-5-6-21(35)37-20/h5-14,33H,1-4H2,(H,30,34). The van der Waals surface area contributed by atoms with Crippen molar-refractivity contribution in [2.24, 2.45) is 5.92 Å². The van der Waals surface area contributed by atoms with E-state index in [1.807, 2.05) is 47.3 Å². The third-order valence-corrected chi connectivity index (χ3v) is 8.44. The van der Waals surface area contributed by atoms with Gasteiger partial charge in [-0.15, -0.1) is 11.3 Å². The number of H-pyrrole nitrogens is 2. The van der Waals surface area contributed by atoms with Gasteiger partial charge in [-0.2, -0.15) is 0 Å². The molecule has 0 spiro atoms. The molecule has 10 heteroatoms. The molecule has 37 heavy (non-hydrogen) atoms. The SMILES string of the molecule is O=C(C1CCCC1)n1c2cncc(c2)c2cnc3[nH][nH]c(c4nc5nccc(c6ccc1s6)c5n4)-c3c2. The number of imidazole rings is 1. The second kappa shape index (κ2) is 7.78. The van der Waals surface area contributed by atoms with Crippen molar-refractivity contribution in [2.75, 3.05) is 0 Å². The zero-order valence-electron chi connectivity index (χ0n) is 19.6. The van der Waals surface area contributed by atoms with E-state index in [9.17, 15) is 4.79 Å². The molecule has 3 aliphatic rings. The number of nitrogens with zero attached hydrogens (tertiary/aromatic N) is 6. The van der Waals surface area contributed by atoms with Gasteiger partial charge in [-0.25, -0.2) is 19.9 Å². The lowest BCUT2D eigenvalue weighted by Gasteiger charge is -2.12. The largest absolute Gasteiger partial charge is 0.295 e. The molecule has 5 aromatic heterocycles. The summed E-state index contributed by atoms with van der Waals surface area (Å²) in [7, 11) is 0. The van der Waals surface area contributed by atoms with Gasteiger partial charge < -0.3 is 0 Å². The van der Waals surface area contributed by atoms with Crippen LogP contribution >= 0.6 is 11.3 Å². The molecular formula is C27H20N8OS. The summed E-state index contributed by atoms with van der Waals surface area (Å²) in [5, 5.41) is 9.02. The van der Waals surface area contributed by atoms with Gasteiger partial charge in [0.15, 0.2) is 16.9 Å². The third-order valence-electron chi connectivity index (χ3n) is 7.34. The molecular weight excluding hydrogens is 484 g/mol. The Balaban J connectivity index is 1.57. The van der Waals surface area contributed by atoms with E-state index < -0.39 is 0 Å². The van der Waals surface area contributed by atoms with Crippen LogP contribution in [0.4, 0.5) is 0 Å². The third kappa shape index (κ3) is 3.15. The monoisotopic (exact) mass is 504 g/mol. The van der Waals surface area contributed by atoms with E-state index in [0.29, 0.717) is 16.9 Å². The maximum absolute atomic E-state index is 13.9. The molecule has 1 aliphatic carbocycles. The molecule has 1 fully saturated rings. The van der Waals surface area contributed by atoms with Crippen molar-refractivity contribution in [2.45, 2.75) is 25.7 Å². The van der Waals surface area contributed by atoms with Gasteiger partial charge in [0.2, 0.25) is 5.91 Å². The number of aromatic nitrogens is 8. The molecule has 0 saturated heterocycles. The molecule has 1 saturated carbocycles. The zero-order valence-corrected chi connectivity index (χ0v) is 20.4. The number of thiophene rings is 1. The van der Waals surface area contributed by atoms with E-state index in [1.165, 1.54) is 0 Å². The van der Waals surface area contributed by atoms with Crippen LogP contribution in [0, 0.1) is 5.92 Å². The fraction of sp³-hybridized carbons (Fsp3) is 0.185. The Morgan fingerprint density at radius 2 is 1.84 bits per heavy atom. The highest BCUT2D eigenvalue weighted by Crippen LogP contribution is 2.33. The van der Waals surface area contributed by atoms with Gasteiger partial charge in [0.25, 0.3) is 0 Å². The van der Waals surface area contributed by atoms with Crippen molar-refractivity contribution in [1.29, 1.82) is 0 Å². The summed E-state index contributed by atoms with van der Waals surface area (Å²) in [4.78, 5) is 38.1. The Kier molecular flexibility index (Phi) is 4.36. The summed E-state index contributed by atoms with van der Waals surface area (Å²) < 4.78 is 2.85. The summed E-state index contributed by atoms with van der Waals surface area (Å²) in [5.74, 6) is 0.143. The lowest BCUT2D eigenvalue weighted by Crippen LogP contribution is -2.19. The number of aromatic amines is 2. The number of fused-ring (bicyclic) bond motifs is 9. The van der Waals surface area contributed by atoms with Crippen LogP contribution in [0.1, 0.15) is 30.5 Å². The van der Waals surface area contributed by atoms with Crippen molar-refractivity contribution in [1.82, 2.24) is 39.7 Å². The summed E-state index contributed by atoms with van der Waals surface area (Å²) in [6.45, 7) is 0. The van der Waals surface area contributed by atoms with Gasteiger partial charge >= 0.3 is 0 Å². The molecule has 8 rings (SSSR count). The van der Waals surface area contributed by atoms with E-state index >= 15 is 0 Å². The van der Waals surface area contributed by atoms with Crippen molar-refractivity contribution in [3.05, 3.63) is 55.1 Å². The molecule has 5 aromatic rings. The van der Waals surface area contributed by atoms with E-state index in [-0.39, 0.29) is 11.8 Å². The maximum atomic E-state index is 13.9. The lowest BCUT2D eigenvalue weighted by atomic mass is 10.1. The molecule has 0 radical (unpaired) electrons. The normalized spacial score (nSPS) is 14.6. The van der Waals surface area contributed by atoms with Gasteiger partial charge in [-0.3, -0.25) is 24.5 Å². The van der Waals surface area contributed by atoms with Crippen LogP contribution in [0.5, 0.6) is 0 Å². The van der Waals surface area contributed by atoms with E-state index in [2.05, 4.69) is 25.1 Å². The summed E-state index contributed by atoms with van der Waals surface area (Å²) in [6, 6.07) is 10.1. The number of pyridine rings is 3. The number of hydrogen-bond donors (Lipinski definition) is 2. The van der Waals surface area contributed by atoms with Gasteiger partial charge in [-0.05, 0) is 43.2 Å². The zero-order chi connectivity index (χ0) is 24.5. The molecule has 8 bridgehead atoms. The molecule has 180 valence electrons. The fourth-order valence-electron chi connectivity index (χ4n) is 5.47. The van der Waals surface area contributed by atoms with Gasteiger partial charge in [-0.1, -0.05) is 12.8 Å². The minimum atomic E-state index is 0.0170. The summed E-state index contributed by atoms with van der Waals surface area (Å²) in [5.41, 5.74) is 4.93. The Labute approximate surface area is 213 Å². The van der Waals surface area contributed by atoms with Crippen LogP contribution in [0.3, 0.4) is 0 Å². The minimum Gasteiger partial charge on any atom is -0.295 e. The molecule has 0 amide bonds. The molecule has 2 aliphatic heterocycles. The van der Waals surface area contributed by atoms with Gasteiger partial charge in [0.05, 0.1) is 11.7 Å². The molecule has 2 N–H and O–H groups in total. The molecule has 0 aromatic carbocycles. The number of carbonyl (C=O) groups is 1. The quantitative estimate of drug-likeness (QED) is 0.283. The Morgan fingerprint density at radius 1 is 0.946 bits per heavy atom. The first-order valence-electron chi connectivity index (χ1n) is 12.3. The molecule has 0 unspecified atom stereocenters. The number of hydrogen-bond acceptors (Lipinski definition) is 7. The van der Waals surface area contributed by atoms with Crippen LogP contribution in [-0.4, -0.2) is 45.6 Å². The minimum absolute atomic E-state index is 0.0170. The molecule has 9 nitrogen and oxygen atoms in total. The second-order valence-corrected chi connectivity index (χ2v) is 10.6. The Bertz CT molecular complexity index is 2040. The predicted octanol–water partition coefficient (Wildman–Crippen LogP) is 6.01. The first kappa shape index (κ1) is 20.7. The first-order valence-corrected chi connectivity index (χ1v) is 13.1. The summed E-state index contributed by atoms with van der Waals surface area (Å²) in [6.07, 6.45) is 11.2. The number of carbonyl (C=O) groups excluding carboxylic acids is 1. The highest BCUT2D eigenvalue weighted by Gasteiger charge is 2.25. The van der Waals surface area contributed by atoms with Gasteiger partial charge in [0, 0.05) is 50.9 Å². The van der Waals surface area contributed by atoms with Crippen LogP contribution in [0.15, 0.2) is 55.1 Å². The van der Waals surface area contributed by atoms with Crippen LogP contribution in [0.25, 0.3) is 64.9 Å².